The van der Waals surface area contributed by atoms with E-state index in [1.807, 2.05) is 0 Å². The second kappa shape index (κ2) is 5.54. The van der Waals surface area contributed by atoms with Gasteiger partial charge < -0.3 is 14.9 Å². The van der Waals surface area contributed by atoms with E-state index in [2.05, 4.69) is 37.3 Å². The average Bonchev–Trinajstić information content (AvgIpc) is 2.93. The Morgan fingerprint density at radius 1 is 1.53 bits per heavy atom. The van der Waals surface area contributed by atoms with Crippen LogP contribution in [0.2, 0.25) is 0 Å². The van der Waals surface area contributed by atoms with Crippen LogP contribution in [0.25, 0.3) is 0 Å². The number of carboxylic acids is 1. The fourth-order valence-corrected chi connectivity index (χ4v) is 2.96. The van der Waals surface area contributed by atoms with Gasteiger partial charge in [-0.15, -0.1) is 11.3 Å². The first-order valence-electron chi connectivity index (χ1n) is 5.96. The van der Waals surface area contributed by atoms with Crippen LogP contribution in [-0.4, -0.2) is 16.2 Å². The summed E-state index contributed by atoms with van der Waals surface area (Å²) < 4.78 is 4.96. The second-order valence-electron chi connectivity index (χ2n) is 4.45. The monoisotopic (exact) mass is 280 g/mol. The molecule has 5 nitrogen and oxygen atoms in total. The molecule has 102 valence electrons. The number of hydrogen-bond acceptors (Lipinski definition) is 5. The number of nitrogens with one attached hydrogen (secondary N) is 1. The molecule has 1 atom stereocenters. The summed E-state index contributed by atoms with van der Waals surface area (Å²) in [5.41, 5.74) is 1.20. The van der Waals surface area contributed by atoms with Crippen LogP contribution >= 0.6 is 11.3 Å². The summed E-state index contributed by atoms with van der Waals surface area (Å²) in [5.74, 6) is -0.554. The summed E-state index contributed by atoms with van der Waals surface area (Å²) in [6.07, 6.45) is 0. The van der Waals surface area contributed by atoms with Crippen molar-refractivity contribution in [3.05, 3.63) is 38.9 Å². The van der Waals surface area contributed by atoms with Crippen molar-refractivity contribution in [2.24, 2.45) is 0 Å². The molecule has 2 heterocycles. The first-order valence-corrected chi connectivity index (χ1v) is 6.78. The zero-order valence-electron chi connectivity index (χ0n) is 11.1. The van der Waals surface area contributed by atoms with Gasteiger partial charge in [-0.2, -0.15) is 0 Å². The predicted molar refractivity (Wildman–Crippen MR) is 72.5 cm³/mol. The third-order valence-electron chi connectivity index (χ3n) is 2.91. The third-order valence-corrected chi connectivity index (χ3v) is 3.89. The maximum Gasteiger partial charge on any atom is 0.358 e. The fourth-order valence-electron chi connectivity index (χ4n) is 1.94. The molecule has 2 aromatic heterocycles. The zero-order valence-corrected chi connectivity index (χ0v) is 11.9. The molecule has 0 aliphatic rings. The van der Waals surface area contributed by atoms with Gasteiger partial charge in [-0.3, -0.25) is 0 Å². The zero-order chi connectivity index (χ0) is 14.0. The molecule has 0 aliphatic heterocycles. The Morgan fingerprint density at radius 2 is 2.26 bits per heavy atom. The normalized spacial score (nSPS) is 12.6. The van der Waals surface area contributed by atoms with Gasteiger partial charge >= 0.3 is 5.97 Å². The van der Waals surface area contributed by atoms with E-state index in [0.29, 0.717) is 12.3 Å². The molecule has 0 aromatic carbocycles. The van der Waals surface area contributed by atoms with Crippen LogP contribution in [0.1, 0.15) is 44.5 Å². The fraction of sp³-hybridized carbons (Fsp3) is 0.385. The summed E-state index contributed by atoms with van der Waals surface area (Å²) in [6.45, 7) is 6.71. The van der Waals surface area contributed by atoms with E-state index in [1.165, 1.54) is 21.4 Å². The standard InChI is InChI=1S/C13H16N2O3S/c1-7-4-11(9(3)19-7)8(2)14-6-10-5-12(13(16)17)15-18-10/h4-5,8,14H,6H2,1-3H3,(H,16,17). The summed E-state index contributed by atoms with van der Waals surface area (Å²) >= 11 is 1.77. The highest BCUT2D eigenvalue weighted by Gasteiger charge is 2.14. The van der Waals surface area contributed by atoms with Crippen LogP contribution < -0.4 is 5.32 Å². The predicted octanol–water partition coefficient (Wildman–Crippen LogP) is 2.90. The third kappa shape index (κ3) is 3.21. The largest absolute Gasteiger partial charge is 0.476 e. The lowest BCUT2D eigenvalue weighted by atomic mass is 10.1. The minimum atomic E-state index is -1.08. The van der Waals surface area contributed by atoms with Gasteiger partial charge in [0, 0.05) is 21.9 Å². The first kappa shape index (κ1) is 13.8. The maximum absolute atomic E-state index is 10.7. The van der Waals surface area contributed by atoms with Gasteiger partial charge in [0.05, 0.1) is 6.54 Å². The highest BCUT2D eigenvalue weighted by atomic mass is 32.1. The average molecular weight is 280 g/mol. The number of thiophene rings is 1. The first-order chi connectivity index (χ1) is 8.97. The van der Waals surface area contributed by atoms with Crippen molar-refractivity contribution in [1.82, 2.24) is 10.5 Å². The Morgan fingerprint density at radius 3 is 2.79 bits per heavy atom. The van der Waals surface area contributed by atoms with Crippen molar-refractivity contribution in [2.75, 3.05) is 0 Å². The van der Waals surface area contributed by atoms with Crippen molar-refractivity contribution in [3.8, 4) is 0 Å². The maximum atomic E-state index is 10.7. The molecular weight excluding hydrogens is 264 g/mol. The van der Waals surface area contributed by atoms with Crippen LogP contribution in [-0.2, 0) is 6.54 Å². The van der Waals surface area contributed by atoms with Crippen molar-refractivity contribution >= 4 is 17.3 Å². The SMILES string of the molecule is Cc1cc(C(C)NCc2cc(C(=O)O)no2)c(C)s1. The molecule has 6 heteroatoms. The summed E-state index contributed by atoms with van der Waals surface area (Å²) in [4.78, 5) is 13.3. The number of aromatic nitrogens is 1. The number of rotatable bonds is 5. The molecule has 0 fully saturated rings. The van der Waals surface area contributed by atoms with E-state index in [1.54, 1.807) is 11.3 Å². The van der Waals surface area contributed by atoms with Crippen molar-refractivity contribution in [1.29, 1.82) is 0 Å². The lowest BCUT2D eigenvalue weighted by Crippen LogP contribution is -2.17. The lowest BCUT2D eigenvalue weighted by molar-refractivity contribution is 0.0685. The van der Waals surface area contributed by atoms with Crippen molar-refractivity contribution in [3.63, 3.8) is 0 Å². The van der Waals surface area contributed by atoms with E-state index >= 15 is 0 Å². The second-order valence-corrected chi connectivity index (χ2v) is 5.92. The number of carbonyl (C=O) groups is 1. The quantitative estimate of drug-likeness (QED) is 0.880. The van der Waals surface area contributed by atoms with Crippen LogP contribution in [0, 0.1) is 13.8 Å². The molecule has 2 rings (SSSR count). The van der Waals surface area contributed by atoms with E-state index in [-0.39, 0.29) is 11.7 Å². The molecule has 0 radical (unpaired) electrons. The van der Waals surface area contributed by atoms with Gasteiger partial charge in [-0.05, 0) is 32.4 Å². The van der Waals surface area contributed by atoms with E-state index in [0.717, 1.165) is 0 Å². The minimum absolute atomic E-state index is 0.0630. The van der Waals surface area contributed by atoms with Crippen molar-refractivity contribution in [2.45, 2.75) is 33.4 Å². The number of carboxylic acid groups (broad SMARTS) is 1. The molecule has 0 spiro atoms. The number of hydrogen-bond donors (Lipinski definition) is 2. The highest BCUT2D eigenvalue weighted by molar-refractivity contribution is 7.12. The Hall–Kier alpha value is -1.66. The van der Waals surface area contributed by atoms with Gasteiger partial charge in [0.15, 0.2) is 11.5 Å². The smallest absolute Gasteiger partial charge is 0.358 e. The minimum Gasteiger partial charge on any atom is -0.476 e. The van der Waals surface area contributed by atoms with Crippen LogP contribution in [0.15, 0.2) is 16.7 Å². The molecule has 1 unspecified atom stereocenters. The summed E-state index contributed by atoms with van der Waals surface area (Å²) in [6, 6.07) is 3.79. The topological polar surface area (TPSA) is 75.4 Å². The van der Waals surface area contributed by atoms with Gasteiger partial charge in [0.2, 0.25) is 0 Å². The molecule has 0 saturated heterocycles. The highest BCUT2D eigenvalue weighted by Crippen LogP contribution is 2.26. The van der Waals surface area contributed by atoms with Crippen molar-refractivity contribution < 1.29 is 14.4 Å². The summed E-state index contributed by atoms with van der Waals surface area (Å²) in [5, 5.41) is 15.5. The van der Waals surface area contributed by atoms with Gasteiger partial charge in [-0.25, -0.2) is 4.79 Å². The van der Waals surface area contributed by atoms with E-state index in [9.17, 15) is 4.79 Å². The Labute approximate surface area is 115 Å². The number of aromatic carboxylic acids is 1. The molecule has 0 amide bonds. The number of aryl methyl sites for hydroxylation is 2. The van der Waals surface area contributed by atoms with E-state index in [4.69, 9.17) is 9.63 Å². The van der Waals surface area contributed by atoms with Gasteiger partial charge in [0.25, 0.3) is 0 Å². The Kier molecular flexibility index (Phi) is 4.01. The molecule has 19 heavy (non-hydrogen) atoms. The van der Waals surface area contributed by atoms with Crippen LogP contribution in [0.3, 0.4) is 0 Å². The molecule has 2 N–H and O–H groups in total. The van der Waals surface area contributed by atoms with Crippen LogP contribution in [0.5, 0.6) is 0 Å². The Bertz CT molecular complexity index is 588. The summed E-state index contributed by atoms with van der Waals surface area (Å²) in [7, 11) is 0. The molecule has 0 saturated carbocycles. The number of nitrogens with zero attached hydrogens (tertiary/aromatic N) is 1. The lowest BCUT2D eigenvalue weighted by Gasteiger charge is -2.12. The molecule has 0 bridgehead atoms. The molecule has 2 aromatic rings. The Balaban J connectivity index is 1.98. The van der Waals surface area contributed by atoms with Gasteiger partial charge in [-0.1, -0.05) is 5.16 Å². The molecule has 0 aliphatic carbocycles. The van der Waals surface area contributed by atoms with E-state index < -0.39 is 5.97 Å². The molecular formula is C13H16N2O3S. The van der Waals surface area contributed by atoms with Crippen LogP contribution in [0.4, 0.5) is 0 Å². The van der Waals surface area contributed by atoms with Gasteiger partial charge in [0.1, 0.15) is 0 Å².